The molecule has 11 heteroatoms. The smallest absolute Gasteiger partial charge is 0.326 e. The molecule has 3 atom stereocenters. The average Bonchev–Trinajstić information content (AvgIpc) is 3.03. The molecule has 0 aliphatic heterocycles. The molecule has 11 nitrogen and oxygen atoms in total. The molecule has 0 spiro atoms. The molecule has 0 radical (unpaired) electrons. The molecular weight excluding hydrogens is 344 g/mol. The van der Waals surface area contributed by atoms with Crippen molar-refractivity contribution in [2.45, 2.75) is 44.8 Å². The molecule has 144 valence electrons. The first-order chi connectivity index (χ1) is 12.1. The van der Waals surface area contributed by atoms with Gasteiger partial charge < -0.3 is 32.2 Å². The van der Waals surface area contributed by atoms with E-state index in [1.54, 1.807) is 13.8 Å². The third-order valence-electron chi connectivity index (χ3n) is 3.59. The van der Waals surface area contributed by atoms with Gasteiger partial charge in [0.05, 0.1) is 24.5 Å². The lowest BCUT2D eigenvalue weighted by Crippen LogP contribution is -2.56. The third-order valence-corrected chi connectivity index (χ3v) is 3.59. The minimum Gasteiger partial charge on any atom is -0.480 e. The quantitative estimate of drug-likeness (QED) is 0.271. The largest absolute Gasteiger partial charge is 0.480 e. The van der Waals surface area contributed by atoms with E-state index in [1.165, 1.54) is 12.5 Å². The SMILES string of the molecule is CC(C)[C@H](NC(=O)[C@H](Cc1c[nH]cn1)NC(=O)[C@@H](N)CC(N)=O)C(=O)O. The lowest BCUT2D eigenvalue weighted by Gasteiger charge is -2.23. The average molecular weight is 368 g/mol. The maximum absolute atomic E-state index is 12.5. The summed E-state index contributed by atoms with van der Waals surface area (Å²) >= 11 is 0. The molecule has 1 rings (SSSR count). The zero-order valence-corrected chi connectivity index (χ0v) is 14.6. The van der Waals surface area contributed by atoms with E-state index in [9.17, 15) is 24.3 Å². The van der Waals surface area contributed by atoms with Gasteiger partial charge in [0.15, 0.2) is 0 Å². The summed E-state index contributed by atoms with van der Waals surface area (Å²) in [7, 11) is 0. The number of aromatic nitrogens is 2. The number of aliphatic carboxylic acids is 1. The van der Waals surface area contributed by atoms with E-state index in [2.05, 4.69) is 20.6 Å². The molecule has 3 amide bonds. The highest BCUT2D eigenvalue weighted by molar-refractivity contribution is 5.93. The number of nitrogens with zero attached hydrogens (tertiary/aromatic N) is 1. The van der Waals surface area contributed by atoms with Gasteiger partial charge in [0.1, 0.15) is 12.1 Å². The predicted molar refractivity (Wildman–Crippen MR) is 90.4 cm³/mol. The number of amides is 3. The van der Waals surface area contributed by atoms with Crippen molar-refractivity contribution in [3.63, 3.8) is 0 Å². The van der Waals surface area contributed by atoms with E-state index in [4.69, 9.17) is 11.5 Å². The van der Waals surface area contributed by atoms with Crippen LogP contribution in [0.3, 0.4) is 0 Å². The number of aromatic amines is 1. The van der Waals surface area contributed by atoms with Gasteiger partial charge in [-0.3, -0.25) is 14.4 Å². The van der Waals surface area contributed by atoms with Gasteiger partial charge in [-0.2, -0.15) is 0 Å². The number of imidazole rings is 1. The lowest BCUT2D eigenvalue weighted by atomic mass is 10.0. The Morgan fingerprint density at radius 1 is 1.23 bits per heavy atom. The maximum atomic E-state index is 12.5. The molecule has 1 aromatic heterocycles. The van der Waals surface area contributed by atoms with Gasteiger partial charge in [-0.25, -0.2) is 9.78 Å². The van der Waals surface area contributed by atoms with Crippen LogP contribution in [0.5, 0.6) is 0 Å². The molecule has 8 N–H and O–H groups in total. The number of carbonyl (C=O) groups excluding carboxylic acids is 3. The maximum Gasteiger partial charge on any atom is 0.326 e. The van der Waals surface area contributed by atoms with Crippen LogP contribution in [0.15, 0.2) is 12.5 Å². The van der Waals surface area contributed by atoms with Gasteiger partial charge in [-0.15, -0.1) is 0 Å². The van der Waals surface area contributed by atoms with Crippen molar-refractivity contribution in [1.29, 1.82) is 0 Å². The van der Waals surface area contributed by atoms with Gasteiger partial charge in [0.2, 0.25) is 17.7 Å². The fraction of sp³-hybridized carbons (Fsp3) is 0.533. The number of carboxylic acid groups (broad SMARTS) is 1. The monoisotopic (exact) mass is 368 g/mol. The zero-order valence-electron chi connectivity index (χ0n) is 14.6. The second-order valence-electron chi connectivity index (χ2n) is 6.17. The first-order valence-electron chi connectivity index (χ1n) is 7.96. The number of rotatable bonds is 10. The second kappa shape index (κ2) is 9.51. The topological polar surface area (TPSA) is 193 Å². The Kier molecular flexibility index (Phi) is 7.72. The van der Waals surface area contributed by atoms with Crippen LogP contribution in [-0.4, -0.2) is 56.9 Å². The van der Waals surface area contributed by atoms with Crippen molar-refractivity contribution in [1.82, 2.24) is 20.6 Å². The minimum absolute atomic E-state index is 0.00873. The van der Waals surface area contributed by atoms with Crippen molar-refractivity contribution in [3.8, 4) is 0 Å². The fourth-order valence-corrected chi connectivity index (χ4v) is 2.18. The van der Waals surface area contributed by atoms with Crippen molar-refractivity contribution in [3.05, 3.63) is 18.2 Å². The Morgan fingerprint density at radius 2 is 1.88 bits per heavy atom. The Labute approximate surface area is 149 Å². The lowest BCUT2D eigenvalue weighted by molar-refractivity contribution is -0.143. The summed E-state index contributed by atoms with van der Waals surface area (Å²) in [4.78, 5) is 53.5. The van der Waals surface area contributed by atoms with Gasteiger partial charge in [-0.05, 0) is 5.92 Å². The number of hydrogen-bond acceptors (Lipinski definition) is 6. The van der Waals surface area contributed by atoms with Crippen molar-refractivity contribution >= 4 is 23.7 Å². The molecule has 1 heterocycles. The number of nitrogens with two attached hydrogens (primary N) is 2. The Hall–Kier alpha value is -2.95. The summed E-state index contributed by atoms with van der Waals surface area (Å²) in [5.74, 6) is -3.77. The Balaban J connectivity index is 2.90. The third kappa shape index (κ3) is 6.51. The highest BCUT2D eigenvalue weighted by atomic mass is 16.4. The van der Waals surface area contributed by atoms with Gasteiger partial charge in [0, 0.05) is 12.6 Å². The Bertz CT molecular complexity index is 645. The molecule has 0 aliphatic rings. The number of carbonyl (C=O) groups is 4. The van der Waals surface area contributed by atoms with Crippen molar-refractivity contribution < 1.29 is 24.3 Å². The molecule has 0 saturated carbocycles. The summed E-state index contributed by atoms with van der Waals surface area (Å²) in [6.45, 7) is 3.28. The van der Waals surface area contributed by atoms with Crippen LogP contribution in [0.25, 0.3) is 0 Å². The van der Waals surface area contributed by atoms with Gasteiger partial charge >= 0.3 is 5.97 Å². The standard InChI is InChI=1S/C15H24N6O5/c1-7(2)12(15(25)26)21-14(24)10(3-8-5-18-6-19-8)20-13(23)9(16)4-11(17)22/h5-7,9-10,12H,3-4,16H2,1-2H3,(H2,17,22)(H,18,19)(H,20,23)(H,21,24)(H,25,26)/t9-,10-,12-/m0/s1. The summed E-state index contributed by atoms with van der Waals surface area (Å²) in [5, 5.41) is 14.0. The van der Waals surface area contributed by atoms with Crippen LogP contribution < -0.4 is 22.1 Å². The number of primary amides is 1. The van der Waals surface area contributed by atoms with Crippen LogP contribution in [0.2, 0.25) is 0 Å². The summed E-state index contributed by atoms with van der Waals surface area (Å²) in [6, 6.07) is -3.46. The van der Waals surface area contributed by atoms with E-state index in [-0.39, 0.29) is 18.8 Å². The number of H-pyrrole nitrogens is 1. The molecule has 0 aliphatic carbocycles. The molecule has 0 aromatic carbocycles. The van der Waals surface area contributed by atoms with E-state index in [0.29, 0.717) is 5.69 Å². The molecular formula is C15H24N6O5. The number of hydrogen-bond donors (Lipinski definition) is 6. The van der Waals surface area contributed by atoms with Crippen LogP contribution in [-0.2, 0) is 25.6 Å². The first-order valence-corrected chi connectivity index (χ1v) is 7.96. The van der Waals surface area contributed by atoms with Gasteiger partial charge in [0.25, 0.3) is 0 Å². The molecule has 0 unspecified atom stereocenters. The molecule has 0 saturated heterocycles. The number of carboxylic acids is 1. The predicted octanol–water partition coefficient (Wildman–Crippen LogP) is -2.13. The Morgan fingerprint density at radius 3 is 2.35 bits per heavy atom. The first kappa shape index (κ1) is 21.1. The molecule has 0 fully saturated rings. The molecule has 0 bridgehead atoms. The van der Waals surface area contributed by atoms with E-state index in [1.807, 2.05) is 0 Å². The van der Waals surface area contributed by atoms with E-state index >= 15 is 0 Å². The normalized spacial score (nSPS) is 14.3. The van der Waals surface area contributed by atoms with Crippen LogP contribution in [0.4, 0.5) is 0 Å². The van der Waals surface area contributed by atoms with Crippen LogP contribution in [0.1, 0.15) is 26.0 Å². The van der Waals surface area contributed by atoms with Crippen LogP contribution in [0, 0.1) is 5.92 Å². The highest BCUT2D eigenvalue weighted by Crippen LogP contribution is 2.05. The zero-order chi connectivity index (χ0) is 19.9. The summed E-state index contributed by atoms with van der Waals surface area (Å²) < 4.78 is 0. The number of nitrogens with one attached hydrogen (secondary N) is 3. The molecule has 26 heavy (non-hydrogen) atoms. The minimum atomic E-state index is -1.22. The fourth-order valence-electron chi connectivity index (χ4n) is 2.18. The molecule has 1 aromatic rings. The van der Waals surface area contributed by atoms with Crippen molar-refractivity contribution in [2.75, 3.05) is 0 Å². The highest BCUT2D eigenvalue weighted by Gasteiger charge is 2.30. The van der Waals surface area contributed by atoms with Crippen LogP contribution >= 0.6 is 0 Å². The second-order valence-corrected chi connectivity index (χ2v) is 6.17. The van der Waals surface area contributed by atoms with Crippen molar-refractivity contribution in [2.24, 2.45) is 17.4 Å². The summed E-state index contributed by atoms with van der Waals surface area (Å²) in [6.07, 6.45) is 2.56. The van der Waals surface area contributed by atoms with E-state index < -0.39 is 41.8 Å². The van der Waals surface area contributed by atoms with Gasteiger partial charge in [-0.1, -0.05) is 13.8 Å². The summed E-state index contributed by atoms with van der Waals surface area (Å²) in [5.41, 5.74) is 11.1. The van der Waals surface area contributed by atoms with E-state index in [0.717, 1.165) is 0 Å².